The van der Waals surface area contributed by atoms with Crippen LogP contribution in [0.4, 0.5) is 4.79 Å². The van der Waals surface area contributed by atoms with E-state index in [0.717, 1.165) is 18.4 Å². The largest absolute Gasteiger partial charge is 0.444 e. The third kappa shape index (κ3) is 5.14. The van der Waals surface area contributed by atoms with Gasteiger partial charge >= 0.3 is 6.09 Å². The van der Waals surface area contributed by atoms with Crippen LogP contribution in [-0.2, 0) is 9.47 Å². The number of amides is 1. The molecule has 0 bridgehead atoms. The summed E-state index contributed by atoms with van der Waals surface area (Å²) >= 11 is 0. The van der Waals surface area contributed by atoms with Gasteiger partial charge in [0, 0.05) is 0 Å². The van der Waals surface area contributed by atoms with Crippen LogP contribution in [0.1, 0.15) is 47.5 Å². The summed E-state index contributed by atoms with van der Waals surface area (Å²) in [5, 5.41) is 9.12. The summed E-state index contributed by atoms with van der Waals surface area (Å²) in [6, 6.07) is -0.0362. The molecule has 1 N–H and O–H groups in total. The fourth-order valence-electron chi connectivity index (χ4n) is 2.45. The smallest absolute Gasteiger partial charge is 0.412 e. The lowest BCUT2D eigenvalue weighted by atomic mass is 10.1. The minimum Gasteiger partial charge on any atom is -0.444 e. The van der Waals surface area contributed by atoms with Crippen LogP contribution >= 0.6 is 0 Å². The number of carbonyl (C=O) groups is 1. The van der Waals surface area contributed by atoms with Gasteiger partial charge in [-0.25, -0.2) is 4.79 Å². The van der Waals surface area contributed by atoms with Crippen molar-refractivity contribution in [3.8, 4) is 0 Å². The second-order valence-electron chi connectivity index (χ2n) is 6.98. The molecule has 1 saturated heterocycles. The fourth-order valence-corrected chi connectivity index (χ4v) is 2.45. The lowest BCUT2D eigenvalue weighted by Crippen LogP contribution is -2.49. The minimum atomic E-state index is -0.672. The van der Waals surface area contributed by atoms with Crippen molar-refractivity contribution in [1.82, 2.24) is 4.90 Å². The summed E-state index contributed by atoms with van der Waals surface area (Å²) in [4.78, 5) is 14.1. The van der Waals surface area contributed by atoms with Crippen LogP contribution < -0.4 is 0 Å². The summed E-state index contributed by atoms with van der Waals surface area (Å²) in [6.07, 6.45) is 4.72. The number of aliphatic hydroxyl groups is 1. The first-order chi connectivity index (χ1) is 10.1. The Balaban J connectivity index is 2.75. The van der Waals surface area contributed by atoms with E-state index in [1.54, 1.807) is 11.0 Å². The maximum atomic E-state index is 12.4. The van der Waals surface area contributed by atoms with Gasteiger partial charge in [0.25, 0.3) is 0 Å². The Morgan fingerprint density at radius 1 is 1.50 bits per heavy atom. The van der Waals surface area contributed by atoms with Crippen LogP contribution in [-0.4, -0.2) is 46.7 Å². The molecule has 0 aromatic heterocycles. The monoisotopic (exact) mass is 311 g/mol. The van der Waals surface area contributed by atoms with Crippen LogP contribution in [0.5, 0.6) is 0 Å². The second-order valence-corrected chi connectivity index (χ2v) is 6.98. The van der Waals surface area contributed by atoms with E-state index in [4.69, 9.17) is 14.6 Å². The molecule has 1 aliphatic rings. The SMILES string of the molecule is C=C/C(=C\CCC1COC(C)(C)N1C(=O)OC(C)(C)C)CO. The van der Waals surface area contributed by atoms with Gasteiger partial charge in [0.15, 0.2) is 0 Å². The van der Waals surface area contributed by atoms with Crippen molar-refractivity contribution in [2.75, 3.05) is 13.2 Å². The summed E-state index contributed by atoms with van der Waals surface area (Å²) in [5.41, 5.74) is -0.413. The molecule has 5 heteroatoms. The molecule has 1 heterocycles. The number of aliphatic hydroxyl groups excluding tert-OH is 1. The molecule has 1 aliphatic heterocycles. The zero-order chi connectivity index (χ0) is 17.0. The first-order valence-electron chi connectivity index (χ1n) is 7.69. The van der Waals surface area contributed by atoms with Crippen LogP contribution in [0.3, 0.4) is 0 Å². The zero-order valence-electron chi connectivity index (χ0n) is 14.4. The van der Waals surface area contributed by atoms with Crippen LogP contribution in [0.25, 0.3) is 0 Å². The predicted molar refractivity (Wildman–Crippen MR) is 86.5 cm³/mol. The standard InChI is InChI=1S/C17H29NO4/c1-7-13(11-19)9-8-10-14-12-21-17(5,6)18(14)15(20)22-16(2,3)4/h7,9,14,19H,1,8,10-12H2,2-6H3/b13-9+. The molecule has 1 amide bonds. The van der Waals surface area contributed by atoms with Gasteiger partial charge in [-0.05, 0) is 53.0 Å². The van der Waals surface area contributed by atoms with Gasteiger partial charge < -0.3 is 14.6 Å². The maximum Gasteiger partial charge on any atom is 0.412 e. The molecular formula is C17H29NO4. The Morgan fingerprint density at radius 3 is 2.64 bits per heavy atom. The van der Waals surface area contributed by atoms with Gasteiger partial charge in [-0.1, -0.05) is 18.7 Å². The minimum absolute atomic E-state index is 0.0219. The maximum absolute atomic E-state index is 12.4. The van der Waals surface area contributed by atoms with E-state index in [1.807, 2.05) is 40.7 Å². The molecule has 1 unspecified atom stereocenters. The average Bonchev–Trinajstić information content (AvgIpc) is 2.68. The molecule has 0 aromatic rings. The van der Waals surface area contributed by atoms with Crippen molar-refractivity contribution in [3.05, 3.63) is 24.3 Å². The highest BCUT2D eigenvalue weighted by Gasteiger charge is 2.45. The Morgan fingerprint density at radius 2 is 2.14 bits per heavy atom. The highest BCUT2D eigenvalue weighted by atomic mass is 16.6. The van der Waals surface area contributed by atoms with Gasteiger partial charge in [-0.15, -0.1) is 0 Å². The highest BCUT2D eigenvalue weighted by Crippen LogP contribution is 2.31. The molecule has 5 nitrogen and oxygen atoms in total. The molecule has 0 aliphatic carbocycles. The van der Waals surface area contributed by atoms with E-state index < -0.39 is 11.3 Å². The molecule has 1 atom stereocenters. The topological polar surface area (TPSA) is 59.0 Å². The van der Waals surface area contributed by atoms with Gasteiger partial charge in [-0.2, -0.15) is 0 Å². The first-order valence-corrected chi connectivity index (χ1v) is 7.69. The third-order valence-corrected chi connectivity index (χ3v) is 3.52. The molecule has 0 radical (unpaired) electrons. The van der Waals surface area contributed by atoms with E-state index >= 15 is 0 Å². The first kappa shape index (κ1) is 18.7. The van der Waals surface area contributed by atoms with Gasteiger partial charge in [-0.3, -0.25) is 4.90 Å². The Kier molecular flexibility index (Phi) is 6.20. The normalized spacial score (nSPS) is 21.8. The fraction of sp³-hybridized carbons (Fsp3) is 0.706. The average molecular weight is 311 g/mol. The van der Waals surface area contributed by atoms with Crippen LogP contribution in [0.15, 0.2) is 24.3 Å². The van der Waals surface area contributed by atoms with E-state index in [1.165, 1.54) is 0 Å². The number of hydrogen-bond donors (Lipinski definition) is 1. The molecule has 1 rings (SSSR count). The van der Waals surface area contributed by atoms with E-state index in [9.17, 15) is 4.79 Å². The highest BCUT2D eigenvalue weighted by molar-refractivity contribution is 5.69. The summed E-state index contributed by atoms with van der Waals surface area (Å²) < 4.78 is 11.2. The van der Waals surface area contributed by atoms with Crippen LogP contribution in [0.2, 0.25) is 0 Å². The number of carbonyl (C=O) groups excluding carboxylic acids is 1. The van der Waals surface area contributed by atoms with Crippen molar-refractivity contribution in [3.63, 3.8) is 0 Å². The number of nitrogens with zero attached hydrogens (tertiary/aromatic N) is 1. The zero-order valence-corrected chi connectivity index (χ0v) is 14.4. The van der Waals surface area contributed by atoms with E-state index in [0.29, 0.717) is 6.61 Å². The molecule has 1 fully saturated rings. The molecule has 0 saturated carbocycles. The molecule has 0 aromatic carbocycles. The summed E-state index contributed by atoms with van der Waals surface area (Å²) in [7, 11) is 0. The van der Waals surface area contributed by atoms with Gasteiger partial charge in [0.1, 0.15) is 11.3 Å². The van der Waals surface area contributed by atoms with Crippen molar-refractivity contribution in [2.24, 2.45) is 0 Å². The van der Waals surface area contributed by atoms with Crippen LogP contribution in [0, 0.1) is 0 Å². The Bertz CT molecular complexity index is 434. The predicted octanol–water partition coefficient (Wildman–Crippen LogP) is 3.24. The molecule has 126 valence electrons. The molecular weight excluding hydrogens is 282 g/mol. The van der Waals surface area contributed by atoms with E-state index in [-0.39, 0.29) is 18.7 Å². The number of allylic oxidation sites excluding steroid dienone is 1. The second kappa shape index (κ2) is 7.29. The van der Waals surface area contributed by atoms with Crippen molar-refractivity contribution >= 4 is 6.09 Å². The molecule has 22 heavy (non-hydrogen) atoms. The number of ether oxygens (including phenoxy) is 2. The lowest BCUT2D eigenvalue weighted by molar-refractivity contribution is -0.0626. The summed E-state index contributed by atoms with van der Waals surface area (Å²) in [5.74, 6) is 0. The number of rotatable bonds is 5. The Hall–Kier alpha value is -1.33. The molecule has 0 spiro atoms. The third-order valence-electron chi connectivity index (χ3n) is 3.52. The van der Waals surface area contributed by atoms with Crippen molar-refractivity contribution in [1.29, 1.82) is 0 Å². The summed E-state index contributed by atoms with van der Waals surface area (Å²) in [6.45, 7) is 13.4. The van der Waals surface area contributed by atoms with Gasteiger partial charge in [0.2, 0.25) is 0 Å². The Labute approximate surface area is 133 Å². The van der Waals surface area contributed by atoms with Gasteiger partial charge in [0.05, 0.1) is 19.3 Å². The van der Waals surface area contributed by atoms with Crippen molar-refractivity contribution in [2.45, 2.75) is 64.8 Å². The van der Waals surface area contributed by atoms with E-state index in [2.05, 4.69) is 6.58 Å². The lowest BCUT2D eigenvalue weighted by Gasteiger charge is -2.35. The number of hydrogen-bond acceptors (Lipinski definition) is 4. The van der Waals surface area contributed by atoms with Crippen molar-refractivity contribution < 1.29 is 19.4 Å². The quantitative estimate of drug-likeness (QED) is 0.792.